The molecule has 88 valence electrons. The van der Waals surface area contributed by atoms with Crippen molar-refractivity contribution in [3.05, 3.63) is 29.6 Å². The number of hydrogen-bond donors (Lipinski definition) is 0. The summed E-state index contributed by atoms with van der Waals surface area (Å²) in [5.41, 5.74) is 0.0972. The van der Waals surface area contributed by atoms with E-state index in [0.29, 0.717) is 0 Å². The second-order valence-corrected chi connectivity index (χ2v) is 4.59. The predicted molar refractivity (Wildman–Crippen MR) is 64.8 cm³/mol. The lowest BCUT2D eigenvalue weighted by atomic mass is 9.81. The Balaban J connectivity index is 3.18. The van der Waals surface area contributed by atoms with Gasteiger partial charge in [-0.15, -0.1) is 0 Å². The van der Waals surface area contributed by atoms with Gasteiger partial charge in [-0.2, -0.15) is 0 Å². The van der Waals surface area contributed by atoms with Crippen molar-refractivity contribution in [1.29, 1.82) is 0 Å². The summed E-state index contributed by atoms with van der Waals surface area (Å²) < 4.78 is 18.1. The molecule has 0 aliphatic carbocycles. The van der Waals surface area contributed by atoms with Crippen LogP contribution in [0.25, 0.3) is 0 Å². The average molecular weight is 289 g/mol. The first-order valence-corrected chi connectivity index (χ1v) is 5.99. The van der Waals surface area contributed by atoms with Gasteiger partial charge < -0.3 is 4.74 Å². The zero-order valence-corrected chi connectivity index (χ0v) is 11.1. The molecule has 0 amide bonds. The average Bonchev–Trinajstić information content (AvgIpc) is 2.28. The van der Waals surface area contributed by atoms with Gasteiger partial charge in [0.2, 0.25) is 0 Å². The summed E-state index contributed by atoms with van der Waals surface area (Å²) in [5.74, 6) is -0.220. The van der Waals surface area contributed by atoms with Gasteiger partial charge in [0.1, 0.15) is 0 Å². The Labute approximate surface area is 103 Å². The lowest BCUT2D eigenvalue weighted by Crippen LogP contribution is -2.30. The van der Waals surface area contributed by atoms with E-state index in [1.807, 2.05) is 13.8 Å². The topological polar surface area (TPSA) is 26.3 Å². The number of ether oxygens (including phenoxy) is 1. The molecule has 0 radical (unpaired) electrons. The summed E-state index contributed by atoms with van der Waals surface area (Å²) in [6.07, 6.45) is 0. The summed E-state index contributed by atoms with van der Waals surface area (Å²) >= 11 is 3.14. The molecule has 1 rings (SSSR count). The third-order valence-corrected chi connectivity index (χ3v) is 3.20. The molecule has 0 aromatic heterocycles. The molecule has 0 saturated heterocycles. The Kier molecular flexibility index (Phi) is 4.08. The first-order chi connectivity index (χ1) is 7.43. The quantitative estimate of drug-likeness (QED) is 0.796. The molecule has 1 aromatic carbocycles. The largest absolute Gasteiger partial charge is 0.494 e. The van der Waals surface area contributed by atoms with E-state index in [0.717, 1.165) is 5.56 Å². The first kappa shape index (κ1) is 13.2. The standard InChI is InChI=1S/C12H14BrFO2/c1-12(2,11(15)7-13)8-4-5-9(14)10(6-8)16-3/h4-6H,7H2,1-3H3. The van der Waals surface area contributed by atoms with Crippen LogP contribution >= 0.6 is 15.9 Å². The van der Waals surface area contributed by atoms with E-state index in [1.54, 1.807) is 12.1 Å². The van der Waals surface area contributed by atoms with Crippen molar-refractivity contribution >= 4 is 21.7 Å². The van der Waals surface area contributed by atoms with Gasteiger partial charge in [0.15, 0.2) is 17.3 Å². The van der Waals surface area contributed by atoms with Crippen molar-refractivity contribution in [2.24, 2.45) is 0 Å². The SMILES string of the molecule is COc1cc(C(C)(C)C(=O)CBr)ccc1F. The monoisotopic (exact) mass is 288 g/mol. The van der Waals surface area contributed by atoms with Crippen LogP contribution in [-0.2, 0) is 10.2 Å². The highest BCUT2D eigenvalue weighted by molar-refractivity contribution is 9.09. The number of carbonyl (C=O) groups excluding carboxylic acids is 1. The zero-order chi connectivity index (χ0) is 12.3. The summed E-state index contributed by atoms with van der Waals surface area (Å²) in [6, 6.07) is 4.49. The molecule has 0 aliphatic rings. The van der Waals surface area contributed by atoms with Crippen LogP contribution in [0.4, 0.5) is 4.39 Å². The van der Waals surface area contributed by atoms with E-state index in [9.17, 15) is 9.18 Å². The van der Waals surface area contributed by atoms with Gasteiger partial charge >= 0.3 is 0 Å². The van der Waals surface area contributed by atoms with Gasteiger partial charge in [0, 0.05) is 5.41 Å². The molecule has 0 aliphatic heterocycles. The van der Waals surface area contributed by atoms with Gasteiger partial charge in [-0.25, -0.2) is 4.39 Å². The second-order valence-electron chi connectivity index (χ2n) is 4.03. The van der Waals surface area contributed by atoms with E-state index >= 15 is 0 Å². The number of carbonyl (C=O) groups is 1. The number of alkyl halides is 1. The van der Waals surface area contributed by atoms with Gasteiger partial charge in [-0.1, -0.05) is 22.0 Å². The third kappa shape index (κ3) is 2.43. The number of ketones is 1. The van der Waals surface area contributed by atoms with Gasteiger partial charge in [-0.05, 0) is 31.5 Å². The van der Waals surface area contributed by atoms with Crippen LogP contribution in [0, 0.1) is 5.82 Å². The third-order valence-electron chi connectivity index (χ3n) is 2.69. The highest BCUT2D eigenvalue weighted by Crippen LogP contribution is 2.29. The van der Waals surface area contributed by atoms with Crippen molar-refractivity contribution in [1.82, 2.24) is 0 Å². The molecule has 16 heavy (non-hydrogen) atoms. The normalized spacial score (nSPS) is 11.3. The van der Waals surface area contributed by atoms with Crippen LogP contribution in [0.1, 0.15) is 19.4 Å². The van der Waals surface area contributed by atoms with E-state index in [1.165, 1.54) is 13.2 Å². The number of rotatable bonds is 4. The van der Waals surface area contributed by atoms with Crippen LogP contribution in [-0.4, -0.2) is 18.2 Å². The molecule has 0 heterocycles. The Morgan fingerprint density at radius 2 is 2.12 bits per heavy atom. The first-order valence-electron chi connectivity index (χ1n) is 4.86. The smallest absolute Gasteiger partial charge is 0.165 e. The van der Waals surface area contributed by atoms with Gasteiger partial charge in [0.25, 0.3) is 0 Å². The zero-order valence-electron chi connectivity index (χ0n) is 9.51. The maximum Gasteiger partial charge on any atom is 0.165 e. The van der Waals surface area contributed by atoms with Crippen LogP contribution in [0.15, 0.2) is 18.2 Å². The highest BCUT2D eigenvalue weighted by Gasteiger charge is 2.29. The van der Waals surface area contributed by atoms with Crippen LogP contribution < -0.4 is 4.74 Å². The van der Waals surface area contributed by atoms with Crippen molar-refractivity contribution < 1.29 is 13.9 Å². The molecular weight excluding hydrogens is 275 g/mol. The van der Waals surface area contributed by atoms with E-state index in [4.69, 9.17) is 4.74 Å². The maximum atomic E-state index is 13.2. The number of benzene rings is 1. The number of Topliss-reactive ketones (excluding diaryl/α,β-unsaturated/α-hetero) is 1. The van der Waals surface area contributed by atoms with Crippen molar-refractivity contribution in [2.75, 3.05) is 12.4 Å². The summed E-state index contributed by atoms with van der Waals surface area (Å²) in [5, 5.41) is 0.277. The minimum atomic E-state index is -0.648. The lowest BCUT2D eigenvalue weighted by molar-refractivity contribution is -0.120. The fraction of sp³-hybridized carbons (Fsp3) is 0.417. The van der Waals surface area contributed by atoms with E-state index in [-0.39, 0.29) is 16.9 Å². The molecule has 1 aromatic rings. The molecule has 2 nitrogen and oxygen atoms in total. The maximum absolute atomic E-state index is 13.2. The van der Waals surface area contributed by atoms with Gasteiger partial charge in [0.05, 0.1) is 12.4 Å². The number of hydrogen-bond acceptors (Lipinski definition) is 2. The summed E-state index contributed by atoms with van der Waals surface area (Å²) in [4.78, 5) is 11.7. The lowest BCUT2D eigenvalue weighted by Gasteiger charge is -2.23. The van der Waals surface area contributed by atoms with Crippen LogP contribution in [0.3, 0.4) is 0 Å². The van der Waals surface area contributed by atoms with Gasteiger partial charge in [-0.3, -0.25) is 4.79 Å². The number of halogens is 2. The van der Waals surface area contributed by atoms with E-state index < -0.39 is 11.2 Å². The van der Waals surface area contributed by atoms with Crippen LogP contribution in [0.5, 0.6) is 5.75 Å². The van der Waals surface area contributed by atoms with Crippen molar-refractivity contribution in [3.8, 4) is 5.75 Å². The Morgan fingerprint density at radius 3 is 2.62 bits per heavy atom. The molecule has 0 unspecified atom stereocenters. The molecular formula is C12H14BrFO2. The minimum Gasteiger partial charge on any atom is -0.494 e. The molecule has 0 bridgehead atoms. The van der Waals surface area contributed by atoms with E-state index in [2.05, 4.69) is 15.9 Å². The summed E-state index contributed by atoms with van der Waals surface area (Å²) in [6.45, 7) is 3.62. The molecule has 0 fully saturated rings. The molecule has 4 heteroatoms. The molecule has 0 atom stereocenters. The molecule has 0 N–H and O–H groups in total. The summed E-state index contributed by atoms with van der Waals surface area (Å²) in [7, 11) is 1.40. The molecule has 0 spiro atoms. The fourth-order valence-corrected chi connectivity index (χ4v) is 2.08. The van der Waals surface area contributed by atoms with Crippen LogP contribution in [0.2, 0.25) is 0 Å². The number of methoxy groups -OCH3 is 1. The predicted octanol–water partition coefficient (Wildman–Crippen LogP) is 3.08. The Morgan fingerprint density at radius 1 is 1.50 bits per heavy atom. The Bertz CT molecular complexity index is 402. The fourth-order valence-electron chi connectivity index (χ4n) is 1.38. The van der Waals surface area contributed by atoms with Crippen molar-refractivity contribution in [3.63, 3.8) is 0 Å². The Hall–Kier alpha value is -0.900. The van der Waals surface area contributed by atoms with Crippen molar-refractivity contribution in [2.45, 2.75) is 19.3 Å². The highest BCUT2D eigenvalue weighted by atomic mass is 79.9. The minimum absolute atomic E-state index is 0.0427. The second kappa shape index (κ2) is 4.95. The molecule has 0 saturated carbocycles.